The summed E-state index contributed by atoms with van der Waals surface area (Å²) in [6, 6.07) is 24.9. The Balaban J connectivity index is 0.000000258. The van der Waals surface area contributed by atoms with Crippen LogP contribution in [0.4, 0.5) is 0 Å². The lowest BCUT2D eigenvalue weighted by atomic mass is 9.82. The molecule has 1 unspecified atom stereocenters. The molecule has 3 rings (SSSR count). The van der Waals surface area contributed by atoms with E-state index in [4.69, 9.17) is 0 Å². The van der Waals surface area contributed by atoms with Crippen molar-refractivity contribution in [2.75, 3.05) is 0 Å². The summed E-state index contributed by atoms with van der Waals surface area (Å²) < 4.78 is 38.2. The lowest BCUT2D eigenvalue weighted by molar-refractivity contribution is 0.0774. The first-order valence-corrected chi connectivity index (χ1v) is 12.5. The largest absolute Gasteiger partial charge is 0.725 e. The van der Waals surface area contributed by atoms with Crippen molar-refractivity contribution in [3.8, 4) is 0 Å². The molecule has 0 heterocycles. The highest BCUT2D eigenvalue weighted by Gasteiger charge is 2.25. The summed E-state index contributed by atoms with van der Waals surface area (Å²) in [7, 11) is -5.00. The standard InChI is InChI=1S/C14H12O5S.C11H15I/c15-13(11-7-3-1-4-8-11)14(19-20(16,17)18)12-9-5-2-6-10-12;1-4-11(2,3)9-5-7-10(12)8-6-9/h1-10,14H,(H,16,17,18);5-8H,4H2,1-3H3/p-1. The van der Waals surface area contributed by atoms with Crippen LogP contribution >= 0.6 is 22.6 Å². The van der Waals surface area contributed by atoms with E-state index in [2.05, 4.69) is 71.8 Å². The summed E-state index contributed by atoms with van der Waals surface area (Å²) >= 11 is 2.34. The van der Waals surface area contributed by atoms with Gasteiger partial charge in [0.2, 0.25) is 10.4 Å². The molecule has 0 aliphatic rings. The summed E-state index contributed by atoms with van der Waals surface area (Å²) in [5.41, 5.74) is 2.33. The molecule has 0 fully saturated rings. The quantitative estimate of drug-likeness (QED) is 0.150. The van der Waals surface area contributed by atoms with E-state index in [0.29, 0.717) is 11.0 Å². The minimum atomic E-state index is -5.00. The van der Waals surface area contributed by atoms with Crippen LogP contribution < -0.4 is 0 Å². The maximum absolute atomic E-state index is 12.3. The number of benzene rings is 3. The monoisotopic (exact) mass is 565 g/mol. The van der Waals surface area contributed by atoms with E-state index in [0.717, 1.165) is 0 Å². The van der Waals surface area contributed by atoms with E-state index in [1.807, 2.05) is 0 Å². The highest BCUT2D eigenvalue weighted by molar-refractivity contribution is 14.1. The van der Waals surface area contributed by atoms with E-state index in [1.54, 1.807) is 36.4 Å². The van der Waals surface area contributed by atoms with Gasteiger partial charge in [0.05, 0.1) is 0 Å². The van der Waals surface area contributed by atoms with Crippen molar-refractivity contribution in [2.45, 2.75) is 38.7 Å². The van der Waals surface area contributed by atoms with Gasteiger partial charge in [-0.15, -0.1) is 0 Å². The summed E-state index contributed by atoms with van der Waals surface area (Å²) in [5, 5.41) is 0. The number of halogens is 1. The van der Waals surface area contributed by atoms with E-state index in [-0.39, 0.29) is 5.56 Å². The minimum absolute atomic E-state index is 0.269. The second-order valence-electron chi connectivity index (χ2n) is 7.77. The van der Waals surface area contributed by atoms with Crippen LogP contribution in [-0.4, -0.2) is 18.8 Å². The molecule has 7 heteroatoms. The number of ketones is 1. The fraction of sp³-hybridized carbons (Fsp3) is 0.240. The molecule has 0 saturated carbocycles. The summed E-state index contributed by atoms with van der Waals surface area (Å²) in [6.07, 6.45) is -0.283. The zero-order valence-corrected chi connectivity index (χ0v) is 21.2. The topological polar surface area (TPSA) is 83.5 Å². The number of Topliss-reactive ketones (excluding diaryl/α,β-unsaturated/α-hetero) is 1. The van der Waals surface area contributed by atoms with E-state index < -0.39 is 22.3 Å². The number of rotatable bonds is 7. The predicted molar refractivity (Wildman–Crippen MR) is 133 cm³/mol. The predicted octanol–water partition coefficient (Wildman–Crippen LogP) is 6.07. The molecular weight excluding hydrogens is 539 g/mol. The zero-order valence-electron chi connectivity index (χ0n) is 18.2. The summed E-state index contributed by atoms with van der Waals surface area (Å²) in [4.78, 5) is 12.3. The Morgan fingerprint density at radius 3 is 1.91 bits per heavy atom. The minimum Gasteiger partial charge on any atom is -0.725 e. The molecule has 0 N–H and O–H groups in total. The summed E-state index contributed by atoms with van der Waals surface area (Å²) in [6.45, 7) is 6.81. The highest BCUT2D eigenvalue weighted by Crippen LogP contribution is 2.27. The van der Waals surface area contributed by atoms with Gasteiger partial charge < -0.3 is 4.55 Å². The highest BCUT2D eigenvalue weighted by atomic mass is 127. The van der Waals surface area contributed by atoms with Crippen molar-refractivity contribution in [2.24, 2.45) is 0 Å². The Morgan fingerprint density at radius 2 is 1.44 bits per heavy atom. The molecule has 0 spiro atoms. The second-order valence-corrected chi connectivity index (χ2v) is 10.0. The fourth-order valence-electron chi connectivity index (χ4n) is 2.86. The van der Waals surface area contributed by atoms with Crippen molar-refractivity contribution >= 4 is 38.8 Å². The molecule has 3 aromatic rings. The number of carbonyl (C=O) groups is 1. The molecule has 1 atom stereocenters. The molecule has 0 amide bonds. The fourth-order valence-corrected chi connectivity index (χ4v) is 3.65. The molecular formula is C25H26IO5S-. The first-order chi connectivity index (χ1) is 15.0. The molecule has 32 heavy (non-hydrogen) atoms. The van der Waals surface area contributed by atoms with Gasteiger partial charge in [-0.3, -0.25) is 8.98 Å². The Morgan fingerprint density at radius 1 is 0.938 bits per heavy atom. The third kappa shape index (κ3) is 8.12. The van der Waals surface area contributed by atoms with Gasteiger partial charge in [0, 0.05) is 9.13 Å². The van der Waals surface area contributed by atoms with Crippen LogP contribution in [-0.2, 0) is 20.0 Å². The molecule has 0 radical (unpaired) electrons. The lowest BCUT2D eigenvalue weighted by Crippen LogP contribution is -2.20. The van der Waals surface area contributed by atoms with Crippen LogP contribution in [0.1, 0.15) is 54.8 Å². The van der Waals surface area contributed by atoms with Gasteiger partial charge in [0.15, 0.2) is 11.9 Å². The lowest BCUT2D eigenvalue weighted by Gasteiger charge is -2.23. The smallest absolute Gasteiger partial charge is 0.218 e. The van der Waals surface area contributed by atoms with Crippen LogP contribution in [0, 0.1) is 3.57 Å². The Bertz CT molecular complexity index is 1100. The molecule has 0 aromatic heterocycles. The van der Waals surface area contributed by atoms with Gasteiger partial charge in [-0.05, 0) is 57.7 Å². The van der Waals surface area contributed by atoms with Gasteiger partial charge in [-0.1, -0.05) is 93.6 Å². The van der Waals surface area contributed by atoms with Gasteiger partial charge in [0.25, 0.3) is 0 Å². The Kier molecular flexibility index (Phi) is 9.57. The van der Waals surface area contributed by atoms with Crippen molar-refractivity contribution in [1.82, 2.24) is 0 Å². The molecule has 3 aromatic carbocycles. The third-order valence-corrected chi connectivity index (χ3v) is 6.27. The molecule has 0 aliphatic carbocycles. The average molecular weight is 565 g/mol. The SMILES string of the molecule is CCC(C)(C)c1ccc(I)cc1.O=C(c1ccccc1)C(OS(=O)(=O)[O-])c1ccccc1. The number of hydrogen-bond donors (Lipinski definition) is 0. The van der Waals surface area contributed by atoms with E-state index >= 15 is 0 Å². The Hall–Kier alpha value is -2.07. The normalized spacial score (nSPS) is 12.4. The van der Waals surface area contributed by atoms with Crippen molar-refractivity contribution in [1.29, 1.82) is 0 Å². The molecule has 170 valence electrons. The third-order valence-electron chi connectivity index (χ3n) is 5.12. The molecule has 0 saturated heterocycles. The average Bonchev–Trinajstić information content (AvgIpc) is 2.78. The van der Waals surface area contributed by atoms with Crippen LogP contribution in [0.25, 0.3) is 0 Å². The summed E-state index contributed by atoms with van der Waals surface area (Å²) in [5.74, 6) is -0.587. The molecule has 0 aliphatic heterocycles. The van der Waals surface area contributed by atoms with Gasteiger partial charge in [-0.25, -0.2) is 8.42 Å². The maximum Gasteiger partial charge on any atom is 0.218 e. The van der Waals surface area contributed by atoms with Gasteiger partial charge in [-0.2, -0.15) is 0 Å². The van der Waals surface area contributed by atoms with Gasteiger partial charge >= 0.3 is 0 Å². The zero-order chi connectivity index (χ0) is 23.8. The first kappa shape index (κ1) is 26.2. The Labute approximate surface area is 203 Å². The number of carbonyl (C=O) groups excluding carboxylic acids is 1. The van der Waals surface area contributed by atoms with Crippen molar-refractivity contribution < 1.29 is 21.9 Å². The van der Waals surface area contributed by atoms with Crippen LogP contribution in [0.15, 0.2) is 84.9 Å². The van der Waals surface area contributed by atoms with E-state index in [9.17, 15) is 17.8 Å². The molecule has 5 nitrogen and oxygen atoms in total. The van der Waals surface area contributed by atoms with Crippen molar-refractivity contribution in [3.05, 3.63) is 105 Å². The number of hydrogen-bond acceptors (Lipinski definition) is 5. The van der Waals surface area contributed by atoms with Crippen LogP contribution in [0.3, 0.4) is 0 Å². The van der Waals surface area contributed by atoms with Crippen molar-refractivity contribution in [3.63, 3.8) is 0 Å². The first-order valence-electron chi connectivity index (χ1n) is 10.1. The van der Waals surface area contributed by atoms with E-state index in [1.165, 1.54) is 39.8 Å². The molecule has 0 bridgehead atoms. The second kappa shape index (κ2) is 11.7. The maximum atomic E-state index is 12.3. The van der Waals surface area contributed by atoms with Gasteiger partial charge in [0.1, 0.15) is 0 Å². The van der Waals surface area contributed by atoms with Crippen LogP contribution in [0.5, 0.6) is 0 Å². The van der Waals surface area contributed by atoms with Crippen LogP contribution in [0.2, 0.25) is 0 Å².